The lowest BCUT2D eigenvalue weighted by Crippen LogP contribution is -2.35. The molecule has 22 heavy (non-hydrogen) atoms. The zero-order chi connectivity index (χ0) is 16.3. The Labute approximate surface area is 133 Å². The summed E-state index contributed by atoms with van der Waals surface area (Å²) in [6, 6.07) is 7.21. The fourth-order valence-electron chi connectivity index (χ4n) is 1.57. The molecule has 1 aromatic carbocycles. The van der Waals surface area contributed by atoms with Crippen molar-refractivity contribution in [3.63, 3.8) is 0 Å². The molecule has 0 amide bonds. The number of hydrazine groups is 1. The molecule has 0 spiro atoms. The van der Waals surface area contributed by atoms with Crippen molar-refractivity contribution in [3.05, 3.63) is 41.0 Å². The van der Waals surface area contributed by atoms with E-state index < -0.39 is 11.9 Å². The van der Waals surface area contributed by atoms with Crippen LogP contribution in [0.5, 0.6) is 0 Å². The number of hydrogen-bond acceptors (Lipinski definition) is 4. The van der Waals surface area contributed by atoms with E-state index in [1.54, 1.807) is 24.3 Å². The van der Waals surface area contributed by atoms with Crippen LogP contribution in [0.25, 0.3) is 11.3 Å². The van der Waals surface area contributed by atoms with Crippen LogP contribution in [0, 0.1) is 0 Å². The van der Waals surface area contributed by atoms with Crippen molar-refractivity contribution < 1.29 is 13.2 Å². The Balaban J connectivity index is 2.51. The minimum Gasteiger partial charge on any atom is -0.375 e. The molecule has 1 aromatic heterocycles. The summed E-state index contributed by atoms with van der Waals surface area (Å²) in [6.45, 7) is 0. The van der Waals surface area contributed by atoms with E-state index in [9.17, 15) is 13.2 Å². The molecule has 2 rings (SSSR count). The molecule has 5 nitrogen and oxygen atoms in total. The highest BCUT2D eigenvalue weighted by molar-refractivity contribution is 7.80. The molecule has 0 saturated carbocycles. The molecule has 0 unspecified atom stereocenters. The van der Waals surface area contributed by atoms with Crippen LogP contribution < -0.4 is 16.6 Å². The van der Waals surface area contributed by atoms with Gasteiger partial charge in [-0.3, -0.25) is 10.9 Å². The number of aromatic nitrogens is 2. The molecule has 0 bridgehead atoms. The van der Waals surface area contributed by atoms with Gasteiger partial charge in [-0.2, -0.15) is 13.2 Å². The predicted octanol–water partition coefficient (Wildman–Crippen LogP) is 2.98. The van der Waals surface area contributed by atoms with E-state index >= 15 is 0 Å². The zero-order valence-electron chi connectivity index (χ0n) is 10.8. The molecule has 0 radical (unpaired) electrons. The quantitative estimate of drug-likeness (QED) is 0.585. The van der Waals surface area contributed by atoms with Gasteiger partial charge in [0.25, 0.3) is 0 Å². The third-order valence-corrected chi connectivity index (χ3v) is 2.90. The second kappa shape index (κ2) is 6.32. The van der Waals surface area contributed by atoms with Gasteiger partial charge in [-0.05, 0) is 24.4 Å². The standard InChI is InChI=1S/C12H9ClF3N5S/c13-7-4-2-1-3-6(7)8-5-9(12(14,15)16)19-11(18-8)21-20-10(17)22/h1-5H,(H3,17,20,22)(H,18,19,21). The van der Waals surface area contributed by atoms with Gasteiger partial charge in [0, 0.05) is 10.6 Å². The molecule has 1 heterocycles. The first-order valence-corrected chi connectivity index (χ1v) is 6.58. The van der Waals surface area contributed by atoms with E-state index in [1.165, 1.54) is 0 Å². The number of halogens is 4. The lowest BCUT2D eigenvalue weighted by Gasteiger charge is -2.12. The molecular weight excluding hydrogens is 339 g/mol. The number of alkyl halides is 3. The Hall–Kier alpha value is -2.13. The molecule has 0 aliphatic heterocycles. The van der Waals surface area contributed by atoms with Gasteiger partial charge >= 0.3 is 6.18 Å². The van der Waals surface area contributed by atoms with Gasteiger partial charge in [0.1, 0.15) is 0 Å². The second-order valence-electron chi connectivity index (χ2n) is 4.05. The molecule has 0 saturated heterocycles. The van der Waals surface area contributed by atoms with Crippen molar-refractivity contribution in [2.24, 2.45) is 5.73 Å². The van der Waals surface area contributed by atoms with Gasteiger partial charge in [-0.25, -0.2) is 9.97 Å². The first-order valence-electron chi connectivity index (χ1n) is 5.80. The predicted molar refractivity (Wildman–Crippen MR) is 81.0 cm³/mol. The first-order chi connectivity index (χ1) is 10.3. The average Bonchev–Trinajstić information content (AvgIpc) is 2.44. The summed E-state index contributed by atoms with van der Waals surface area (Å²) in [4.78, 5) is 7.33. The molecule has 2 aromatic rings. The molecule has 0 fully saturated rings. The Morgan fingerprint density at radius 2 is 1.91 bits per heavy atom. The van der Waals surface area contributed by atoms with Crippen LogP contribution >= 0.6 is 23.8 Å². The highest BCUT2D eigenvalue weighted by Gasteiger charge is 2.34. The maximum Gasteiger partial charge on any atom is 0.433 e. The lowest BCUT2D eigenvalue weighted by molar-refractivity contribution is -0.141. The van der Waals surface area contributed by atoms with Crippen molar-refractivity contribution in [3.8, 4) is 11.3 Å². The number of hydrogen-bond donors (Lipinski definition) is 3. The number of nitrogens with zero attached hydrogens (tertiary/aromatic N) is 2. The Kier molecular flexibility index (Phi) is 4.67. The third-order valence-electron chi connectivity index (χ3n) is 2.46. The second-order valence-corrected chi connectivity index (χ2v) is 4.90. The Morgan fingerprint density at radius 3 is 2.50 bits per heavy atom. The molecule has 116 valence electrons. The van der Waals surface area contributed by atoms with Crippen molar-refractivity contribution >= 4 is 34.9 Å². The van der Waals surface area contributed by atoms with E-state index in [0.717, 1.165) is 6.07 Å². The summed E-state index contributed by atoms with van der Waals surface area (Å²) in [5.74, 6) is -0.336. The molecule has 10 heteroatoms. The monoisotopic (exact) mass is 347 g/mol. The van der Waals surface area contributed by atoms with Crippen LogP contribution in [0.2, 0.25) is 5.02 Å². The highest BCUT2D eigenvalue weighted by atomic mass is 35.5. The largest absolute Gasteiger partial charge is 0.433 e. The first kappa shape index (κ1) is 16.2. The molecular formula is C12H9ClF3N5S. The summed E-state index contributed by atoms with van der Waals surface area (Å²) >= 11 is 10.5. The fourth-order valence-corrected chi connectivity index (χ4v) is 1.86. The molecule has 0 aliphatic carbocycles. The van der Waals surface area contributed by atoms with Gasteiger partial charge < -0.3 is 5.73 Å². The van der Waals surface area contributed by atoms with E-state index in [4.69, 9.17) is 17.3 Å². The maximum atomic E-state index is 12.9. The van der Waals surface area contributed by atoms with Crippen LogP contribution in [-0.2, 0) is 6.18 Å². The van der Waals surface area contributed by atoms with Crippen molar-refractivity contribution in [2.75, 3.05) is 5.43 Å². The van der Waals surface area contributed by atoms with Crippen LogP contribution in [0.1, 0.15) is 5.69 Å². The summed E-state index contributed by atoms with van der Waals surface area (Å²) < 4.78 is 38.8. The number of nitrogens with two attached hydrogens (primary N) is 1. The summed E-state index contributed by atoms with van der Waals surface area (Å²) in [6.07, 6.45) is -4.64. The van der Waals surface area contributed by atoms with Gasteiger partial charge in [-0.15, -0.1) is 0 Å². The van der Waals surface area contributed by atoms with E-state index in [1.807, 2.05) is 0 Å². The topological polar surface area (TPSA) is 75.9 Å². The molecule has 4 N–H and O–H groups in total. The number of nitrogens with one attached hydrogen (secondary N) is 2. The van der Waals surface area contributed by atoms with E-state index in [2.05, 4.69) is 33.0 Å². The van der Waals surface area contributed by atoms with Crippen molar-refractivity contribution in [1.29, 1.82) is 0 Å². The van der Waals surface area contributed by atoms with Crippen LogP contribution in [0.15, 0.2) is 30.3 Å². The zero-order valence-corrected chi connectivity index (χ0v) is 12.4. The summed E-state index contributed by atoms with van der Waals surface area (Å²) in [5, 5.41) is 0.0999. The fraction of sp³-hybridized carbons (Fsp3) is 0.0833. The number of thiocarbonyl (C=S) groups is 1. The van der Waals surface area contributed by atoms with Crippen molar-refractivity contribution in [1.82, 2.24) is 15.4 Å². The smallest absolute Gasteiger partial charge is 0.375 e. The van der Waals surface area contributed by atoms with E-state index in [-0.39, 0.29) is 21.8 Å². The normalized spacial score (nSPS) is 11.1. The third kappa shape index (κ3) is 3.95. The van der Waals surface area contributed by atoms with Gasteiger partial charge in [0.2, 0.25) is 5.95 Å². The number of anilines is 1. The van der Waals surface area contributed by atoms with E-state index in [0.29, 0.717) is 5.56 Å². The van der Waals surface area contributed by atoms with Crippen LogP contribution in [0.3, 0.4) is 0 Å². The SMILES string of the molecule is NC(=S)NNc1nc(-c2ccccc2Cl)cc(C(F)(F)F)n1. The van der Waals surface area contributed by atoms with Gasteiger partial charge in [0.05, 0.1) is 5.69 Å². The van der Waals surface area contributed by atoms with Crippen LogP contribution in [0.4, 0.5) is 19.1 Å². The minimum atomic E-state index is -4.64. The summed E-state index contributed by atoms with van der Waals surface area (Å²) in [5.41, 5.74) is 9.01. The maximum absolute atomic E-state index is 12.9. The highest BCUT2D eigenvalue weighted by Crippen LogP contribution is 2.33. The van der Waals surface area contributed by atoms with Crippen LogP contribution in [-0.4, -0.2) is 15.1 Å². The lowest BCUT2D eigenvalue weighted by atomic mass is 10.1. The molecule has 0 atom stereocenters. The minimum absolute atomic E-state index is 0.0140. The van der Waals surface area contributed by atoms with Crippen molar-refractivity contribution in [2.45, 2.75) is 6.18 Å². The molecule has 0 aliphatic rings. The van der Waals surface area contributed by atoms with Gasteiger partial charge in [0.15, 0.2) is 10.8 Å². The summed E-state index contributed by atoms with van der Waals surface area (Å²) in [7, 11) is 0. The number of benzene rings is 1. The Morgan fingerprint density at radius 1 is 1.23 bits per heavy atom. The Bertz CT molecular complexity index is 707. The van der Waals surface area contributed by atoms with Gasteiger partial charge in [-0.1, -0.05) is 29.8 Å². The average molecular weight is 348 g/mol. The number of rotatable bonds is 3.